The molecule has 7 nitrogen and oxygen atoms in total. The lowest BCUT2D eigenvalue weighted by Gasteiger charge is -2.16. The molecular formula is C30H30FNO6S. The molecule has 4 aromatic rings. The summed E-state index contributed by atoms with van der Waals surface area (Å²) in [5.41, 5.74) is 4.51. The Hall–Kier alpha value is -3.98. The first-order valence-electron chi connectivity index (χ1n) is 12.3. The van der Waals surface area contributed by atoms with E-state index in [1.54, 1.807) is 30.5 Å². The van der Waals surface area contributed by atoms with Crippen LogP contribution < -0.4 is 4.74 Å². The lowest BCUT2D eigenvalue weighted by atomic mass is 9.98. The van der Waals surface area contributed by atoms with Gasteiger partial charge in [-0.2, -0.15) is 4.40 Å². The number of aliphatic carboxylic acids is 1. The molecule has 0 unspecified atom stereocenters. The normalized spacial score (nSPS) is 12.6. The third-order valence-corrected chi connectivity index (χ3v) is 8.22. The second kappa shape index (κ2) is 11.0. The molecule has 1 aromatic heterocycles. The van der Waals surface area contributed by atoms with Crippen LogP contribution in [0.5, 0.6) is 5.75 Å². The number of aryl methyl sites for hydroxylation is 1. The molecule has 0 aliphatic heterocycles. The smallest absolute Gasteiger partial charge is 0.307 e. The Morgan fingerprint density at radius 1 is 1.08 bits per heavy atom. The Balaban J connectivity index is 1.72. The molecule has 0 amide bonds. The van der Waals surface area contributed by atoms with Crippen LogP contribution in [-0.4, -0.2) is 36.6 Å². The summed E-state index contributed by atoms with van der Waals surface area (Å²) >= 11 is 0. The van der Waals surface area contributed by atoms with Crippen LogP contribution >= 0.6 is 0 Å². The summed E-state index contributed by atoms with van der Waals surface area (Å²) < 4.78 is 53.7. The molecule has 0 atom stereocenters. The molecule has 0 saturated carbocycles. The molecule has 1 heterocycles. The zero-order valence-electron chi connectivity index (χ0n) is 22.2. The molecule has 0 aliphatic carbocycles. The predicted molar refractivity (Wildman–Crippen MR) is 150 cm³/mol. The number of hydrogen-bond acceptors (Lipinski definition) is 5. The van der Waals surface area contributed by atoms with Crippen molar-refractivity contribution in [3.05, 3.63) is 89.2 Å². The van der Waals surface area contributed by atoms with Gasteiger partial charge in [-0.25, -0.2) is 12.8 Å². The monoisotopic (exact) mass is 551 g/mol. The molecule has 39 heavy (non-hydrogen) atoms. The van der Waals surface area contributed by atoms with Gasteiger partial charge in [0.1, 0.15) is 24.6 Å². The van der Waals surface area contributed by atoms with Crippen molar-refractivity contribution in [2.45, 2.75) is 45.5 Å². The number of halogens is 1. The minimum absolute atomic E-state index is 0.155. The van der Waals surface area contributed by atoms with Crippen LogP contribution in [0.3, 0.4) is 0 Å². The SMILES string of the molecule is Cc1ccc(CC(=O)O)c(OCc2cc(-c3cccc(C(CF)=NS(=O)(=O)C(C)(C)C)c3)c3occc3c2)c1. The zero-order chi connectivity index (χ0) is 28.4. The second-order valence-corrected chi connectivity index (χ2v) is 12.7. The van der Waals surface area contributed by atoms with E-state index >= 15 is 0 Å². The molecule has 9 heteroatoms. The molecule has 204 valence electrons. The lowest BCUT2D eigenvalue weighted by Crippen LogP contribution is -2.27. The zero-order valence-corrected chi connectivity index (χ0v) is 23.0. The van der Waals surface area contributed by atoms with Gasteiger partial charge < -0.3 is 14.3 Å². The Labute approximate surface area is 227 Å². The highest BCUT2D eigenvalue weighted by molar-refractivity contribution is 7.91. The van der Waals surface area contributed by atoms with Gasteiger partial charge in [0, 0.05) is 22.1 Å². The predicted octanol–water partition coefficient (Wildman–Crippen LogP) is 6.50. The van der Waals surface area contributed by atoms with Crippen molar-refractivity contribution < 1.29 is 31.9 Å². The van der Waals surface area contributed by atoms with E-state index in [-0.39, 0.29) is 18.7 Å². The first-order chi connectivity index (χ1) is 18.4. The summed E-state index contributed by atoms with van der Waals surface area (Å²) in [7, 11) is -3.94. The fourth-order valence-corrected chi connectivity index (χ4v) is 4.73. The standard InChI is InChI=1S/C30H30FNO6S/c1-19-8-9-23(16-28(33)34)27(12-19)38-18-20-13-24-10-11-37-29(24)25(14-20)21-6-5-7-22(15-21)26(17-31)32-39(35,36)30(2,3)4/h5-15H,16-18H2,1-4H3,(H,33,34). The van der Waals surface area contributed by atoms with Crippen LogP contribution in [-0.2, 0) is 27.8 Å². The largest absolute Gasteiger partial charge is 0.489 e. The van der Waals surface area contributed by atoms with E-state index in [4.69, 9.17) is 9.15 Å². The summed E-state index contributed by atoms with van der Waals surface area (Å²) in [4.78, 5) is 11.3. The Bertz CT molecular complexity index is 1660. The molecule has 0 fully saturated rings. The van der Waals surface area contributed by atoms with E-state index in [0.717, 1.165) is 16.5 Å². The quantitative estimate of drug-likeness (QED) is 0.238. The van der Waals surface area contributed by atoms with Gasteiger partial charge in [-0.05, 0) is 74.7 Å². The number of hydrogen-bond donors (Lipinski definition) is 1. The van der Waals surface area contributed by atoms with Crippen molar-refractivity contribution in [1.82, 2.24) is 0 Å². The maximum absolute atomic E-state index is 14.0. The van der Waals surface area contributed by atoms with Gasteiger partial charge in [0.05, 0.1) is 23.1 Å². The van der Waals surface area contributed by atoms with E-state index in [1.807, 2.05) is 43.3 Å². The molecule has 0 radical (unpaired) electrons. The molecule has 0 bridgehead atoms. The highest BCUT2D eigenvalue weighted by Crippen LogP contribution is 2.33. The first-order valence-corrected chi connectivity index (χ1v) is 13.8. The van der Waals surface area contributed by atoms with Gasteiger partial charge in [0.2, 0.25) is 0 Å². The number of fused-ring (bicyclic) bond motifs is 1. The van der Waals surface area contributed by atoms with Crippen LogP contribution in [0.25, 0.3) is 22.1 Å². The van der Waals surface area contributed by atoms with Gasteiger partial charge in [-0.1, -0.05) is 30.3 Å². The summed E-state index contributed by atoms with van der Waals surface area (Å²) in [6, 6.07) is 17.9. The van der Waals surface area contributed by atoms with Crippen molar-refractivity contribution in [2.75, 3.05) is 6.67 Å². The summed E-state index contributed by atoms with van der Waals surface area (Å²) in [5, 5.41) is 10.1. The molecule has 3 aromatic carbocycles. The number of carbonyl (C=O) groups is 1. The summed E-state index contributed by atoms with van der Waals surface area (Å²) in [6.45, 7) is 5.58. The fraction of sp³-hybridized carbons (Fsp3) is 0.267. The Morgan fingerprint density at radius 3 is 2.54 bits per heavy atom. The molecule has 4 rings (SSSR count). The first kappa shape index (κ1) is 28.0. The topological polar surface area (TPSA) is 106 Å². The van der Waals surface area contributed by atoms with Crippen molar-refractivity contribution in [3.8, 4) is 16.9 Å². The summed E-state index contributed by atoms with van der Waals surface area (Å²) in [6.07, 6.45) is 1.41. The fourth-order valence-electron chi connectivity index (χ4n) is 4.01. The minimum atomic E-state index is -3.94. The molecule has 0 aliphatic rings. The van der Waals surface area contributed by atoms with Gasteiger partial charge in [0.15, 0.2) is 0 Å². The number of furan rings is 1. The van der Waals surface area contributed by atoms with E-state index in [9.17, 15) is 22.7 Å². The van der Waals surface area contributed by atoms with Crippen molar-refractivity contribution >= 4 is 32.7 Å². The molecular weight excluding hydrogens is 521 g/mol. The Kier molecular flexibility index (Phi) is 7.92. The van der Waals surface area contributed by atoms with E-state index in [0.29, 0.717) is 33.6 Å². The highest BCUT2D eigenvalue weighted by atomic mass is 32.2. The number of carboxylic acid groups (broad SMARTS) is 1. The van der Waals surface area contributed by atoms with E-state index in [2.05, 4.69) is 4.40 Å². The third-order valence-electron chi connectivity index (χ3n) is 6.21. The number of ether oxygens (including phenoxy) is 1. The number of rotatable bonds is 9. The van der Waals surface area contributed by atoms with Crippen LogP contribution in [0.1, 0.15) is 43.0 Å². The second-order valence-electron chi connectivity index (χ2n) is 10.3. The number of alkyl halides is 1. The van der Waals surface area contributed by atoms with Gasteiger partial charge in [-0.3, -0.25) is 4.79 Å². The number of sulfonamides is 1. The lowest BCUT2D eigenvalue weighted by molar-refractivity contribution is -0.136. The number of carboxylic acids is 1. The van der Waals surface area contributed by atoms with E-state index in [1.165, 1.54) is 20.8 Å². The summed E-state index contributed by atoms with van der Waals surface area (Å²) in [5.74, 6) is -0.450. The maximum Gasteiger partial charge on any atom is 0.307 e. The average molecular weight is 552 g/mol. The van der Waals surface area contributed by atoms with Crippen LogP contribution in [0.4, 0.5) is 4.39 Å². The number of nitrogens with zero attached hydrogens (tertiary/aromatic N) is 1. The van der Waals surface area contributed by atoms with Gasteiger partial charge >= 0.3 is 5.97 Å². The maximum atomic E-state index is 14.0. The van der Waals surface area contributed by atoms with Crippen molar-refractivity contribution in [3.63, 3.8) is 0 Å². The van der Waals surface area contributed by atoms with Crippen molar-refractivity contribution in [2.24, 2.45) is 4.40 Å². The van der Waals surface area contributed by atoms with Crippen LogP contribution in [0.15, 0.2) is 75.7 Å². The van der Waals surface area contributed by atoms with Crippen molar-refractivity contribution in [1.29, 1.82) is 0 Å². The molecule has 0 spiro atoms. The van der Waals surface area contributed by atoms with E-state index < -0.39 is 27.4 Å². The minimum Gasteiger partial charge on any atom is -0.489 e. The van der Waals surface area contributed by atoms with Gasteiger partial charge in [0.25, 0.3) is 10.0 Å². The molecule has 1 N–H and O–H groups in total. The third kappa shape index (κ3) is 6.37. The molecule has 0 saturated heterocycles. The van der Waals surface area contributed by atoms with Gasteiger partial charge in [-0.15, -0.1) is 0 Å². The van der Waals surface area contributed by atoms with Crippen LogP contribution in [0, 0.1) is 6.92 Å². The highest BCUT2D eigenvalue weighted by Gasteiger charge is 2.29. The number of benzene rings is 3. The Morgan fingerprint density at radius 2 is 1.85 bits per heavy atom. The average Bonchev–Trinajstić information content (AvgIpc) is 3.35. The van der Waals surface area contributed by atoms with Crippen LogP contribution in [0.2, 0.25) is 0 Å².